The van der Waals surface area contributed by atoms with Crippen molar-refractivity contribution in [2.45, 2.75) is 6.92 Å². The lowest BCUT2D eigenvalue weighted by atomic mass is 10.1. The van der Waals surface area contributed by atoms with Gasteiger partial charge in [-0.25, -0.2) is 8.78 Å². The molecule has 0 aromatic heterocycles. The van der Waals surface area contributed by atoms with E-state index in [-0.39, 0.29) is 23.1 Å². The Morgan fingerprint density at radius 2 is 2.00 bits per heavy atom. The first-order valence-electron chi connectivity index (χ1n) is 5.37. The highest BCUT2D eigenvalue weighted by Crippen LogP contribution is 2.23. The monoisotopic (exact) mass is 308 g/mol. The molecule has 1 aromatic carbocycles. The SMILES string of the molecule is CCOC(=O)CSCC(=O)c1c(Cl)ccc(F)c1F. The van der Waals surface area contributed by atoms with Gasteiger partial charge in [-0.3, -0.25) is 9.59 Å². The molecule has 0 aliphatic carbocycles. The van der Waals surface area contributed by atoms with Crippen molar-refractivity contribution in [3.63, 3.8) is 0 Å². The summed E-state index contributed by atoms with van der Waals surface area (Å²) in [5.41, 5.74) is -0.488. The lowest BCUT2D eigenvalue weighted by Crippen LogP contribution is -2.12. The maximum absolute atomic E-state index is 13.4. The number of ketones is 1. The highest BCUT2D eigenvalue weighted by atomic mass is 35.5. The van der Waals surface area contributed by atoms with Crippen LogP contribution in [0.3, 0.4) is 0 Å². The van der Waals surface area contributed by atoms with E-state index < -0.39 is 29.0 Å². The Balaban J connectivity index is 2.64. The minimum atomic E-state index is -1.27. The van der Waals surface area contributed by atoms with E-state index in [9.17, 15) is 18.4 Å². The Morgan fingerprint density at radius 1 is 1.32 bits per heavy atom. The van der Waals surface area contributed by atoms with Crippen molar-refractivity contribution in [3.8, 4) is 0 Å². The van der Waals surface area contributed by atoms with Crippen molar-refractivity contribution in [1.29, 1.82) is 0 Å². The molecule has 0 amide bonds. The van der Waals surface area contributed by atoms with Crippen LogP contribution in [0.15, 0.2) is 12.1 Å². The van der Waals surface area contributed by atoms with Crippen LogP contribution in [0.4, 0.5) is 8.78 Å². The molecule has 0 aliphatic rings. The van der Waals surface area contributed by atoms with Crippen molar-refractivity contribution in [3.05, 3.63) is 34.4 Å². The van der Waals surface area contributed by atoms with Gasteiger partial charge in [0, 0.05) is 0 Å². The number of esters is 1. The average molecular weight is 309 g/mol. The van der Waals surface area contributed by atoms with Gasteiger partial charge in [0.25, 0.3) is 0 Å². The lowest BCUT2D eigenvalue weighted by molar-refractivity contribution is -0.139. The maximum Gasteiger partial charge on any atom is 0.315 e. The Morgan fingerprint density at radius 3 is 2.63 bits per heavy atom. The molecular weight excluding hydrogens is 298 g/mol. The summed E-state index contributed by atoms with van der Waals surface area (Å²) < 4.78 is 31.1. The van der Waals surface area contributed by atoms with Gasteiger partial charge < -0.3 is 4.74 Å². The third kappa shape index (κ3) is 4.47. The molecule has 0 heterocycles. The molecule has 0 bridgehead atoms. The Kier molecular flexibility index (Phi) is 6.24. The third-order valence-electron chi connectivity index (χ3n) is 2.08. The van der Waals surface area contributed by atoms with Crippen LogP contribution in [-0.4, -0.2) is 29.9 Å². The van der Waals surface area contributed by atoms with E-state index in [1.807, 2.05) is 0 Å². The maximum atomic E-state index is 13.4. The van der Waals surface area contributed by atoms with Gasteiger partial charge >= 0.3 is 5.97 Å². The summed E-state index contributed by atoms with van der Waals surface area (Å²) in [6.45, 7) is 1.91. The molecule has 0 aliphatic heterocycles. The predicted molar refractivity (Wildman–Crippen MR) is 69.7 cm³/mol. The fraction of sp³-hybridized carbons (Fsp3) is 0.333. The molecule has 0 spiro atoms. The van der Waals surface area contributed by atoms with Crippen LogP contribution >= 0.6 is 23.4 Å². The fourth-order valence-corrected chi connectivity index (χ4v) is 2.22. The van der Waals surface area contributed by atoms with Crippen molar-refractivity contribution >= 4 is 35.1 Å². The van der Waals surface area contributed by atoms with Crippen LogP contribution in [0.25, 0.3) is 0 Å². The number of hydrogen-bond acceptors (Lipinski definition) is 4. The Hall–Kier alpha value is -1.14. The lowest BCUT2D eigenvalue weighted by Gasteiger charge is -2.05. The molecule has 0 atom stereocenters. The van der Waals surface area contributed by atoms with Crippen LogP contribution in [0.1, 0.15) is 17.3 Å². The number of thioether (sulfide) groups is 1. The number of rotatable bonds is 6. The second-order valence-electron chi connectivity index (χ2n) is 3.44. The largest absolute Gasteiger partial charge is 0.465 e. The Labute approximate surface area is 118 Å². The number of halogens is 3. The Bertz CT molecular complexity index is 494. The average Bonchev–Trinajstić information content (AvgIpc) is 2.35. The molecule has 0 saturated carbocycles. The normalized spacial score (nSPS) is 10.3. The molecule has 0 radical (unpaired) electrons. The van der Waals surface area contributed by atoms with Crippen molar-refractivity contribution in [2.75, 3.05) is 18.1 Å². The van der Waals surface area contributed by atoms with E-state index in [0.29, 0.717) is 0 Å². The molecule has 7 heteroatoms. The van der Waals surface area contributed by atoms with Gasteiger partial charge in [-0.1, -0.05) is 11.6 Å². The zero-order valence-electron chi connectivity index (χ0n) is 10.0. The number of benzene rings is 1. The molecule has 0 N–H and O–H groups in total. The van der Waals surface area contributed by atoms with E-state index in [1.165, 1.54) is 0 Å². The third-order valence-corrected chi connectivity index (χ3v) is 3.30. The fourth-order valence-electron chi connectivity index (χ4n) is 1.28. The van der Waals surface area contributed by atoms with E-state index in [1.54, 1.807) is 6.92 Å². The number of hydrogen-bond donors (Lipinski definition) is 0. The van der Waals surface area contributed by atoms with Crippen LogP contribution in [0.5, 0.6) is 0 Å². The van der Waals surface area contributed by atoms with Gasteiger partial charge in [-0.2, -0.15) is 0 Å². The first-order chi connectivity index (χ1) is 8.97. The molecule has 1 aromatic rings. The first-order valence-corrected chi connectivity index (χ1v) is 6.90. The van der Waals surface area contributed by atoms with E-state index in [4.69, 9.17) is 11.6 Å². The first kappa shape index (κ1) is 15.9. The molecule has 0 unspecified atom stereocenters. The molecular formula is C12H11ClF2O3S. The highest BCUT2D eigenvalue weighted by molar-refractivity contribution is 8.00. The van der Waals surface area contributed by atoms with Crippen LogP contribution in [0, 0.1) is 11.6 Å². The number of carbonyl (C=O) groups is 2. The van der Waals surface area contributed by atoms with E-state index >= 15 is 0 Å². The number of ether oxygens (including phenoxy) is 1. The number of Topliss-reactive ketones (excluding diaryl/α,β-unsaturated/α-hetero) is 1. The standard InChI is InChI=1S/C12H11ClF2O3S/c1-2-18-10(17)6-19-5-9(16)11-7(13)3-4-8(14)12(11)15/h3-4H,2,5-6H2,1H3. The van der Waals surface area contributed by atoms with Crippen LogP contribution in [0.2, 0.25) is 5.02 Å². The van der Waals surface area contributed by atoms with E-state index in [2.05, 4.69) is 4.74 Å². The smallest absolute Gasteiger partial charge is 0.315 e. The summed E-state index contributed by atoms with van der Waals surface area (Å²) in [7, 11) is 0. The zero-order valence-corrected chi connectivity index (χ0v) is 11.6. The molecule has 3 nitrogen and oxygen atoms in total. The quantitative estimate of drug-likeness (QED) is 0.460. The molecule has 1 rings (SSSR count). The molecule has 0 fully saturated rings. The zero-order chi connectivity index (χ0) is 14.4. The summed E-state index contributed by atoms with van der Waals surface area (Å²) in [6.07, 6.45) is 0. The number of carbonyl (C=O) groups excluding carboxylic acids is 2. The summed E-state index contributed by atoms with van der Waals surface area (Å²) in [6, 6.07) is 1.96. The van der Waals surface area contributed by atoms with Crippen molar-refractivity contribution in [2.24, 2.45) is 0 Å². The van der Waals surface area contributed by atoms with Gasteiger partial charge in [0.15, 0.2) is 17.4 Å². The highest BCUT2D eigenvalue weighted by Gasteiger charge is 2.19. The second kappa shape index (κ2) is 7.45. The predicted octanol–water partition coefficient (Wildman–Crippen LogP) is 3.10. The van der Waals surface area contributed by atoms with Crippen molar-refractivity contribution in [1.82, 2.24) is 0 Å². The van der Waals surface area contributed by atoms with Gasteiger partial charge in [0.2, 0.25) is 0 Å². The summed E-state index contributed by atoms with van der Waals surface area (Å²) in [5.74, 6) is -3.76. The molecule has 0 saturated heterocycles. The van der Waals surface area contributed by atoms with Gasteiger partial charge in [0.05, 0.1) is 28.7 Å². The van der Waals surface area contributed by atoms with E-state index in [0.717, 1.165) is 23.9 Å². The summed E-state index contributed by atoms with van der Waals surface area (Å²) >= 11 is 6.61. The molecule has 19 heavy (non-hydrogen) atoms. The van der Waals surface area contributed by atoms with Gasteiger partial charge in [0.1, 0.15) is 0 Å². The minimum absolute atomic E-state index is 0.0336. The second-order valence-corrected chi connectivity index (χ2v) is 4.83. The van der Waals surface area contributed by atoms with Crippen molar-refractivity contribution < 1.29 is 23.1 Å². The summed E-state index contributed by atoms with van der Waals surface area (Å²) in [5, 5.41) is -0.152. The minimum Gasteiger partial charge on any atom is -0.465 e. The summed E-state index contributed by atoms with van der Waals surface area (Å²) in [4.78, 5) is 22.7. The van der Waals surface area contributed by atoms with Gasteiger partial charge in [-0.05, 0) is 19.1 Å². The van der Waals surface area contributed by atoms with Crippen LogP contribution < -0.4 is 0 Å². The molecule has 104 valence electrons. The van der Waals surface area contributed by atoms with Gasteiger partial charge in [-0.15, -0.1) is 11.8 Å². The topological polar surface area (TPSA) is 43.4 Å². The van der Waals surface area contributed by atoms with Crippen LogP contribution in [-0.2, 0) is 9.53 Å².